The van der Waals surface area contributed by atoms with Crippen molar-refractivity contribution in [1.29, 1.82) is 0 Å². The molecule has 3 fully saturated rings. The van der Waals surface area contributed by atoms with Crippen LogP contribution in [0.1, 0.15) is 25.7 Å². The smallest absolute Gasteiger partial charge is 0.248 e. The number of nitrogens with zero attached hydrogens (tertiary/aromatic N) is 2. The van der Waals surface area contributed by atoms with Gasteiger partial charge in [-0.1, -0.05) is 12.8 Å². The van der Waals surface area contributed by atoms with Crippen molar-refractivity contribution >= 4 is 5.91 Å². The molecule has 0 aromatic carbocycles. The number of fused-ring (bicyclic) bond motifs is 1. The largest absolute Gasteiger partial charge is 0.380 e. The molecule has 5 heteroatoms. The first-order valence-corrected chi connectivity index (χ1v) is 8.21. The highest BCUT2D eigenvalue weighted by molar-refractivity contribution is 5.78. The number of carbonyl (C=O) groups excluding carboxylic acids is 1. The molecule has 120 valence electrons. The molecular weight excluding hydrogens is 268 g/mol. The Labute approximate surface area is 127 Å². The van der Waals surface area contributed by atoms with Crippen LogP contribution in [0.25, 0.3) is 0 Å². The zero-order valence-electron chi connectivity index (χ0n) is 13.3. The molecular formula is C16H28N2O3. The molecule has 3 rings (SSSR count). The SMILES string of the molecule is CN(C)C[C@]12COC[C@H]1CN(C(=O)COC1CCCC1)C2. The van der Waals surface area contributed by atoms with Gasteiger partial charge < -0.3 is 19.3 Å². The Morgan fingerprint density at radius 3 is 2.86 bits per heavy atom. The van der Waals surface area contributed by atoms with Crippen LogP contribution in [0, 0.1) is 11.3 Å². The van der Waals surface area contributed by atoms with Crippen molar-refractivity contribution in [2.75, 3.05) is 53.6 Å². The van der Waals surface area contributed by atoms with E-state index < -0.39 is 0 Å². The van der Waals surface area contributed by atoms with Crippen LogP contribution in [0.4, 0.5) is 0 Å². The van der Waals surface area contributed by atoms with Crippen LogP contribution in [0.5, 0.6) is 0 Å². The lowest BCUT2D eigenvalue weighted by atomic mass is 9.81. The van der Waals surface area contributed by atoms with E-state index >= 15 is 0 Å². The fourth-order valence-electron chi connectivity index (χ4n) is 4.21. The second-order valence-corrected chi connectivity index (χ2v) is 7.30. The summed E-state index contributed by atoms with van der Waals surface area (Å²) in [4.78, 5) is 16.6. The normalized spacial score (nSPS) is 33.1. The predicted molar refractivity (Wildman–Crippen MR) is 80.1 cm³/mol. The molecule has 0 aromatic rings. The van der Waals surface area contributed by atoms with Crippen LogP contribution >= 0.6 is 0 Å². The van der Waals surface area contributed by atoms with Gasteiger partial charge in [0, 0.05) is 31.0 Å². The Bertz CT molecular complexity index is 382. The molecule has 21 heavy (non-hydrogen) atoms. The second-order valence-electron chi connectivity index (χ2n) is 7.30. The standard InChI is InChI=1S/C16H28N2O3/c1-17(2)10-16-11-18(7-13(16)8-20-12-16)15(19)9-21-14-5-3-4-6-14/h13-14H,3-12H2,1-2H3/t13-,16+/m1/s1. The minimum Gasteiger partial charge on any atom is -0.380 e. The highest BCUT2D eigenvalue weighted by atomic mass is 16.5. The summed E-state index contributed by atoms with van der Waals surface area (Å²) in [5.74, 6) is 0.643. The zero-order chi connectivity index (χ0) is 14.9. The fraction of sp³-hybridized carbons (Fsp3) is 0.938. The highest BCUT2D eigenvalue weighted by Gasteiger charge is 2.51. The number of amides is 1. The van der Waals surface area contributed by atoms with Gasteiger partial charge in [0.2, 0.25) is 5.91 Å². The summed E-state index contributed by atoms with van der Waals surface area (Å²) in [6, 6.07) is 0. The van der Waals surface area contributed by atoms with Crippen molar-refractivity contribution in [3.63, 3.8) is 0 Å². The summed E-state index contributed by atoms with van der Waals surface area (Å²) in [5.41, 5.74) is 0.131. The quantitative estimate of drug-likeness (QED) is 0.758. The fourth-order valence-corrected chi connectivity index (χ4v) is 4.21. The Hall–Kier alpha value is -0.650. The third-order valence-corrected chi connectivity index (χ3v) is 5.25. The van der Waals surface area contributed by atoms with Gasteiger partial charge in [-0.05, 0) is 26.9 Å². The number of hydrogen-bond acceptors (Lipinski definition) is 4. The van der Waals surface area contributed by atoms with Gasteiger partial charge >= 0.3 is 0 Å². The number of rotatable bonds is 5. The molecule has 2 atom stereocenters. The van der Waals surface area contributed by atoms with Gasteiger partial charge in [-0.3, -0.25) is 4.79 Å². The first kappa shape index (κ1) is 15.3. The highest BCUT2D eigenvalue weighted by Crippen LogP contribution is 2.41. The van der Waals surface area contributed by atoms with Crippen LogP contribution < -0.4 is 0 Å². The van der Waals surface area contributed by atoms with Crippen molar-refractivity contribution < 1.29 is 14.3 Å². The molecule has 0 unspecified atom stereocenters. The summed E-state index contributed by atoms with van der Waals surface area (Å²) in [7, 11) is 4.19. The molecule has 0 radical (unpaired) electrons. The lowest BCUT2D eigenvalue weighted by Crippen LogP contribution is -2.42. The van der Waals surface area contributed by atoms with Crippen molar-refractivity contribution in [2.24, 2.45) is 11.3 Å². The van der Waals surface area contributed by atoms with Gasteiger partial charge in [-0.15, -0.1) is 0 Å². The van der Waals surface area contributed by atoms with Crippen LogP contribution in [-0.2, 0) is 14.3 Å². The zero-order valence-corrected chi connectivity index (χ0v) is 13.3. The molecule has 1 amide bonds. The molecule has 0 aromatic heterocycles. The van der Waals surface area contributed by atoms with Crippen LogP contribution in [-0.4, -0.2) is 75.4 Å². The Balaban J connectivity index is 1.53. The second kappa shape index (κ2) is 6.23. The van der Waals surface area contributed by atoms with E-state index in [1.54, 1.807) is 0 Å². The van der Waals surface area contributed by atoms with Crippen LogP contribution in [0.2, 0.25) is 0 Å². The molecule has 0 spiro atoms. The first-order chi connectivity index (χ1) is 10.1. The Kier molecular flexibility index (Phi) is 4.52. The van der Waals surface area contributed by atoms with E-state index in [1.807, 2.05) is 4.90 Å². The molecule has 0 N–H and O–H groups in total. The minimum atomic E-state index is 0.131. The molecule has 2 aliphatic heterocycles. The van der Waals surface area contributed by atoms with Gasteiger partial charge in [-0.2, -0.15) is 0 Å². The van der Waals surface area contributed by atoms with Gasteiger partial charge in [0.05, 0.1) is 19.3 Å². The molecule has 3 aliphatic rings. The maximum atomic E-state index is 12.4. The third-order valence-electron chi connectivity index (χ3n) is 5.25. The third kappa shape index (κ3) is 3.25. The van der Waals surface area contributed by atoms with E-state index in [4.69, 9.17) is 9.47 Å². The van der Waals surface area contributed by atoms with Crippen molar-refractivity contribution in [3.8, 4) is 0 Å². The summed E-state index contributed by atoms with van der Waals surface area (Å²) < 4.78 is 11.5. The van der Waals surface area contributed by atoms with E-state index in [2.05, 4.69) is 19.0 Å². The van der Waals surface area contributed by atoms with E-state index in [9.17, 15) is 4.79 Å². The molecule has 2 saturated heterocycles. The van der Waals surface area contributed by atoms with E-state index in [-0.39, 0.29) is 17.9 Å². The van der Waals surface area contributed by atoms with E-state index in [0.29, 0.717) is 12.0 Å². The summed E-state index contributed by atoms with van der Waals surface area (Å²) in [6.07, 6.45) is 5.04. The minimum absolute atomic E-state index is 0.131. The van der Waals surface area contributed by atoms with Gasteiger partial charge in [0.25, 0.3) is 0 Å². The number of hydrogen-bond donors (Lipinski definition) is 0. The van der Waals surface area contributed by atoms with Gasteiger partial charge in [0.15, 0.2) is 0 Å². The Morgan fingerprint density at radius 2 is 2.14 bits per heavy atom. The first-order valence-electron chi connectivity index (χ1n) is 8.21. The van der Waals surface area contributed by atoms with Crippen molar-refractivity contribution in [2.45, 2.75) is 31.8 Å². The molecule has 5 nitrogen and oxygen atoms in total. The average molecular weight is 296 g/mol. The summed E-state index contributed by atoms with van der Waals surface area (Å²) in [5, 5.41) is 0. The average Bonchev–Trinajstić information content (AvgIpc) is 3.09. The monoisotopic (exact) mass is 296 g/mol. The van der Waals surface area contributed by atoms with E-state index in [0.717, 1.165) is 45.7 Å². The topological polar surface area (TPSA) is 42.0 Å². The molecule has 1 aliphatic carbocycles. The summed E-state index contributed by atoms with van der Waals surface area (Å²) in [6.45, 7) is 4.48. The van der Waals surface area contributed by atoms with E-state index in [1.165, 1.54) is 12.8 Å². The molecule has 0 bridgehead atoms. The number of ether oxygens (including phenoxy) is 2. The van der Waals surface area contributed by atoms with Crippen molar-refractivity contribution in [1.82, 2.24) is 9.80 Å². The maximum absolute atomic E-state index is 12.4. The van der Waals surface area contributed by atoms with Crippen molar-refractivity contribution in [3.05, 3.63) is 0 Å². The maximum Gasteiger partial charge on any atom is 0.248 e. The molecule has 2 heterocycles. The lowest BCUT2D eigenvalue weighted by molar-refractivity contribution is -0.137. The lowest BCUT2D eigenvalue weighted by Gasteiger charge is -2.30. The Morgan fingerprint density at radius 1 is 1.38 bits per heavy atom. The van der Waals surface area contributed by atoms with Gasteiger partial charge in [-0.25, -0.2) is 0 Å². The summed E-state index contributed by atoms with van der Waals surface area (Å²) >= 11 is 0. The van der Waals surface area contributed by atoms with Crippen LogP contribution in [0.3, 0.4) is 0 Å². The number of carbonyl (C=O) groups is 1. The predicted octanol–water partition coefficient (Wildman–Crippen LogP) is 0.982. The van der Waals surface area contributed by atoms with Crippen LogP contribution in [0.15, 0.2) is 0 Å². The molecule has 1 saturated carbocycles. The van der Waals surface area contributed by atoms with Gasteiger partial charge in [0.1, 0.15) is 6.61 Å². The number of likely N-dealkylation sites (tertiary alicyclic amines) is 1.